The third-order valence-corrected chi connectivity index (χ3v) is 4.64. The number of hydrogen-bond acceptors (Lipinski definition) is 2. The predicted octanol–water partition coefficient (Wildman–Crippen LogP) is 4.04. The highest BCUT2D eigenvalue weighted by molar-refractivity contribution is 7.17. The van der Waals surface area contributed by atoms with Crippen molar-refractivity contribution < 1.29 is 4.79 Å². The predicted molar refractivity (Wildman–Crippen MR) is 79.5 cm³/mol. The minimum absolute atomic E-state index is 0.201. The number of carbonyl (C=O) groups excluding carboxylic acids is 1. The van der Waals surface area contributed by atoms with E-state index in [2.05, 4.69) is 18.2 Å². The highest BCUT2D eigenvalue weighted by atomic mass is 32.1. The zero-order valence-corrected chi connectivity index (χ0v) is 11.7. The van der Waals surface area contributed by atoms with Gasteiger partial charge >= 0.3 is 0 Å². The van der Waals surface area contributed by atoms with Gasteiger partial charge in [0.2, 0.25) is 0 Å². The van der Waals surface area contributed by atoms with Gasteiger partial charge in [-0.15, -0.1) is 11.3 Å². The van der Waals surface area contributed by atoms with Crippen LogP contribution in [0.1, 0.15) is 28.9 Å². The van der Waals surface area contributed by atoms with E-state index < -0.39 is 0 Å². The van der Waals surface area contributed by atoms with E-state index in [1.54, 1.807) is 11.3 Å². The normalized spacial score (nSPS) is 15.5. The summed E-state index contributed by atoms with van der Waals surface area (Å²) in [6.07, 6.45) is 3.54. The number of rotatable bonds is 2. The Kier molecular flexibility index (Phi) is 3.65. The van der Waals surface area contributed by atoms with Crippen molar-refractivity contribution in [2.24, 2.45) is 0 Å². The Morgan fingerprint density at radius 3 is 2.42 bits per heavy atom. The van der Waals surface area contributed by atoms with Gasteiger partial charge in [0.25, 0.3) is 5.91 Å². The molecule has 1 aliphatic heterocycles. The quantitative estimate of drug-likeness (QED) is 0.807. The van der Waals surface area contributed by atoms with E-state index in [0.717, 1.165) is 30.8 Å². The van der Waals surface area contributed by atoms with Crippen molar-refractivity contribution in [3.8, 4) is 10.4 Å². The van der Waals surface area contributed by atoms with Gasteiger partial charge in [-0.1, -0.05) is 30.3 Å². The molecule has 1 aromatic carbocycles. The Bertz CT molecular complexity index is 555. The van der Waals surface area contributed by atoms with Crippen LogP contribution in [-0.4, -0.2) is 23.9 Å². The van der Waals surface area contributed by atoms with E-state index in [0.29, 0.717) is 0 Å². The van der Waals surface area contributed by atoms with Crippen LogP contribution >= 0.6 is 11.3 Å². The van der Waals surface area contributed by atoms with Crippen LogP contribution in [0.2, 0.25) is 0 Å². The molecule has 1 aliphatic rings. The molecule has 0 spiro atoms. The molecule has 2 aromatic rings. The molecule has 19 heavy (non-hydrogen) atoms. The van der Waals surface area contributed by atoms with Crippen LogP contribution in [0.5, 0.6) is 0 Å². The number of thiophene rings is 1. The summed E-state index contributed by atoms with van der Waals surface area (Å²) in [5.41, 5.74) is 1.19. The van der Waals surface area contributed by atoms with E-state index in [-0.39, 0.29) is 5.91 Å². The third kappa shape index (κ3) is 2.71. The lowest BCUT2D eigenvalue weighted by Crippen LogP contribution is -2.35. The van der Waals surface area contributed by atoms with Gasteiger partial charge in [-0.2, -0.15) is 0 Å². The van der Waals surface area contributed by atoms with Crippen LogP contribution in [0.4, 0.5) is 0 Å². The first-order chi connectivity index (χ1) is 9.34. The first-order valence-corrected chi connectivity index (χ1v) is 7.61. The molecule has 1 saturated heterocycles. The smallest absolute Gasteiger partial charge is 0.263 e. The molecule has 98 valence electrons. The van der Waals surface area contributed by atoms with Crippen LogP contribution in [0.3, 0.4) is 0 Å². The average molecular weight is 271 g/mol. The Morgan fingerprint density at radius 2 is 1.68 bits per heavy atom. The van der Waals surface area contributed by atoms with Crippen molar-refractivity contribution in [1.29, 1.82) is 0 Å². The van der Waals surface area contributed by atoms with Gasteiger partial charge < -0.3 is 4.90 Å². The van der Waals surface area contributed by atoms with Gasteiger partial charge in [-0.05, 0) is 37.0 Å². The summed E-state index contributed by atoms with van der Waals surface area (Å²) in [4.78, 5) is 16.4. The van der Waals surface area contributed by atoms with Gasteiger partial charge in [0.15, 0.2) is 0 Å². The molecule has 0 radical (unpaired) electrons. The van der Waals surface area contributed by atoms with Gasteiger partial charge in [0, 0.05) is 18.0 Å². The monoisotopic (exact) mass is 271 g/mol. The highest BCUT2D eigenvalue weighted by Crippen LogP contribution is 2.29. The van der Waals surface area contributed by atoms with Gasteiger partial charge in [0.1, 0.15) is 0 Å². The van der Waals surface area contributed by atoms with Gasteiger partial charge in [-0.3, -0.25) is 4.79 Å². The highest BCUT2D eigenvalue weighted by Gasteiger charge is 2.19. The lowest BCUT2D eigenvalue weighted by molar-refractivity contribution is 0.0729. The van der Waals surface area contributed by atoms with E-state index >= 15 is 0 Å². The van der Waals surface area contributed by atoms with Crippen molar-refractivity contribution in [3.05, 3.63) is 47.3 Å². The lowest BCUT2D eigenvalue weighted by Gasteiger charge is -2.26. The van der Waals surface area contributed by atoms with Crippen molar-refractivity contribution in [2.45, 2.75) is 19.3 Å². The molecule has 0 bridgehead atoms. The molecule has 0 N–H and O–H groups in total. The first kappa shape index (κ1) is 12.4. The van der Waals surface area contributed by atoms with Crippen molar-refractivity contribution in [3.63, 3.8) is 0 Å². The molecule has 0 aliphatic carbocycles. The van der Waals surface area contributed by atoms with E-state index in [9.17, 15) is 4.79 Å². The van der Waals surface area contributed by atoms with Gasteiger partial charge in [-0.25, -0.2) is 0 Å². The summed E-state index contributed by atoms with van der Waals surface area (Å²) >= 11 is 1.60. The summed E-state index contributed by atoms with van der Waals surface area (Å²) in [5.74, 6) is 0.201. The molecule has 0 unspecified atom stereocenters. The lowest BCUT2D eigenvalue weighted by atomic mass is 10.1. The molecule has 1 amide bonds. The maximum absolute atomic E-state index is 12.4. The first-order valence-electron chi connectivity index (χ1n) is 6.79. The maximum Gasteiger partial charge on any atom is 0.263 e. The van der Waals surface area contributed by atoms with Crippen LogP contribution in [0, 0.1) is 0 Å². The fourth-order valence-corrected chi connectivity index (χ4v) is 3.44. The number of likely N-dealkylation sites (tertiary alicyclic amines) is 1. The number of nitrogens with zero attached hydrogens (tertiary/aromatic N) is 1. The van der Waals surface area contributed by atoms with Crippen molar-refractivity contribution in [1.82, 2.24) is 4.90 Å². The largest absolute Gasteiger partial charge is 0.338 e. The average Bonchev–Trinajstić information content (AvgIpc) is 2.98. The molecule has 0 saturated carbocycles. The third-order valence-electron chi connectivity index (χ3n) is 3.52. The summed E-state index contributed by atoms with van der Waals surface area (Å²) < 4.78 is 0. The Balaban J connectivity index is 1.79. The van der Waals surface area contributed by atoms with Crippen LogP contribution in [0.25, 0.3) is 10.4 Å². The minimum Gasteiger partial charge on any atom is -0.338 e. The zero-order chi connectivity index (χ0) is 13.1. The van der Waals surface area contributed by atoms with E-state index in [4.69, 9.17) is 0 Å². The zero-order valence-electron chi connectivity index (χ0n) is 10.8. The van der Waals surface area contributed by atoms with Crippen LogP contribution in [-0.2, 0) is 0 Å². The summed E-state index contributed by atoms with van der Waals surface area (Å²) in [6, 6.07) is 14.3. The fourth-order valence-electron chi connectivity index (χ4n) is 2.46. The van der Waals surface area contributed by atoms with Crippen molar-refractivity contribution >= 4 is 17.2 Å². The number of benzene rings is 1. The number of amides is 1. The molecule has 1 fully saturated rings. The number of piperidine rings is 1. The summed E-state index contributed by atoms with van der Waals surface area (Å²) in [7, 11) is 0. The molecule has 3 heteroatoms. The summed E-state index contributed by atoms with van der Waals surface area (Å²) in [5, 5.41) is 0. The topological polar surface area (TPSA) is 20.3 Å². The van der Waals surface area contributed by atoms with E-state index in [1.807, 2.05) is 29.2 Å². The SMILES string of the molecule is O=C(c1ccc(-c2ccccc2)s1)N1CCCCC1. The number of carbonyl (C=O) groups is 1. The minimum atomic E-state index is 0.201. The molecular weight excluding hydrogens is 254 g/mol. The number of hydrogen-bond donors (Lipinski definition) is 0. The fraction of sp³-hybridized carbons (Fsp3) is 0.312. The Hall–Kier alpha value is -1.61. The van der Waals surface area contributed by atoms with Crippen LogP contribution < -0.4 is 0 Å². The van der Waals surface area contributed by atoms with Gasteiger partial charge in [0.05, 0.1) is 4.88 Å². The maximum atomic E-state index is 12.4. The molecule has 3 rings (SSSR count). The molecular formula is C16H17NOS. The molecule has 2 nitrogen and oxygen atoms in total. The Morgan fingerprint density at radius 1 is 0.947 bits per heavy atom. The second-order valence-corrected chi connectivity index (χ2v) is 5.97. The van der Waals surface area contributed by atoms with Crippen molar-refractivity contribution in [2.75, 3.05) is 13.1 Å². The molecule has 2 heterocycles. The van der Waals surface area contributed by atoms with E-state index in [1.165, 1.54) is 16.9 Å². The summed E-state index contributed by atoms with van der Waals surface area (Å²) in [6.45, 7) is 1.83. The standard InChI is InChI=1S/C16H17NOS/c18-16(17-11-5-2-6-12-17)15-10-9-14(19-15)13-7-3-1-4-8-13/h1,3-4,7-10H,2,5-6,11-12H2. The second kappa shape index (κ2) is 5.57. The Labute approximate surface area is 117 Å². The second-order valence-electron chi connectivity index (χ2n) is 4.88. The van der Waals surface area contributed by atoms with Crippen LogP contribution in [0.15, 0.2) is 42.5 Å². The molecule has 0 atom stereocenters. The molecule has 1 aromatic heterocycles.